The van der Waals surface area contributed by atoms with Crippen molar-refractivity contribution in [2.75, 3.05) is 23.8 Å². The molecule has 0 radical (unpaired) electrons. The highest BCUT2D eigenvalue weighted by Crippen LogP contribution is 2.35. The summed E-state index contributed by atoms with van der Waals surface area (Å²) in [4.78, 5) is 17.8. The second-order valence-electron chi connectivity index (χ2n) is 9.05. The molecule has 1 atom stereocenters. The minimum atomic E-state index is 0.0110. The van der Waals surface area contributed by atoms with Gasteiger partial charge in [0.25, 0.3) is 0 Å². The van der Waals surface area contributed by atoms with Gasteiger partial charge in [-0.1, -0.05) is 25.1 Å². The first-order valence-corrected chi connectivity index (χ1v) is 12.0. The molecule has 6 heteroatoms. The van der Waals surface area contributed by atoms with Gasteiger partial charge in [0.2, 0.25) is 0 Å². The Morgan fingerprint density at radius 2 is 2.00 bits per heavy atom. The van der Waals surface area contributed by atoms with Crippen LogP contribution in [0.15, 0.2) is 48.7 Å². The highest BCUT2D eigenvalue weighted by molar-refractivity contribution is 6.09. The lowest BCUT2D eigenvalue weighted by atomic mass is 9.95. The number of aromatic hydroxyl groups is 1. The van der Waals surface area contributed by atoms with E-state index < -0.39 is 0 Å². The zero-order chi connectivity index (χ0) is 24.1. The third kappa shape index (κ3) is 5.57. The number of carbonyl (C=O) groups excluding carboxylic acids is 1. The number of Topliss-reactive ketones (excluding diaryl/α,β-unsaturated/α-hetero) is 1. The van der Waals surface area contributed by atoms with Crippen molar-refractivity contribution in [1.29, 1.82) is 0 Å². The molecule has 0 spiro atoms. The number of ether oxygens (including phenoxy) is 1. The van der Waals surface area contributed by atoms with Gasteiger partial charge in [-0.25, -0.2) is 4.98 Å². The predicted molar refractivity (Wildman–Crippen MR) is 137 cm³/mol. The molecule has 1 unspecified atom stereocenters. The lowest BCUT2D eigenvalue weighted by Crippen LogP contribution is -2.08. The van der Waals surface area contributed by atoms with Crippen LogP contribution in [0.2, 0.25) is 0 Å². The van der Waals surface area contributed by atoms with Crippen LogP contribution in [0.25, 0.3) is 0 Å². The van der Waals surface area contributed by atoms with Crippen LogP contribution in [0.4, 0.5) is 22.9 Å². The molecule has 3 aromatic rings. The van der Waals surface area contributed by atoms with E-state index in [0.29, 0.717) is 29.4 Å². The van der Waals surface area contributed by atoms with Crippen LogP contribution in [0, 0.1) is 12.8 Å². The maximum Gasteiger partial charge on any atom is 0.173 e. The maximum absolute atomic E-state index is 13.4. The van der Waals surface area contributed by atoms with E-state index in [0.717, 1.165) is 55.0 Å². The van der Waals surface area contributed by atoms with E-state index in [9.17, 15) is 9.90 Å². The summed E-state index contributed by atoms with van der Waals surface area (Å²) in [6, 6.07) is 13.3. The van der Waals surface area contributed by atoms with Crippen LogP contribution in [0.1, 0.15) is 53.7 Å². The van der Waals surface area contributed by atoms with Crippen molar-refractivity contribution < 1.29 is 14.6 Å². The number of hydrogen-bond acceptors (Lipinski definition) is 6. The molecule has 0 fully saturated rings. The van der Waals surface area contributed by atoms with Gasteiger partial charge < -0.3 is 20.5 Å². The molecule has 0 saturated heterocycles. The number of benzene rings is 2. The van der Waals surface area contributed by atoms with Gasteiger partial charge >= 0.3 is 0 Å². The number of carbonyl (C=O) groups is 1. The lowest BCUT2D eigenvalue weighted by Gasteiger charge is -2.15. The molecule has 6 nitrogen and oxygen atoms in total. The molecule has 34 heavy (non-hydrogen) atoms. The molecule has 1 aliphatic rings. The van der Waals surface area contributed by atoms with Crippen molar-refractivity contribution in [2.24, 2.45) is 5.92 Å². The van der Waals surface area contributed by atoms with Gasteiger partial charge in [0, 0.05) is 43.3 Å². The van der Waals surface area contributed by atoms with Crippen molar-refractivity contribution in [3.8, 4) is 5.75 Å². The Hall–Kier alpha value is -3.38. The fourth-order valence-electron chi connectivity index (χ4n) is 4.28. The Bertz CT molecular complexity index is 1180. The van der Waals surface area contributed by atoms with Crippen molar-refractivity contribution in [1.82, 2.24) is 4.98 Å². The van der Waals surface area contributed by atoms with Crippen molar-refractivity contribution in [3.63, 3.8) is 0 Å². The molecule has 3 N–H and O–H groups in total. The van der Waals surface area contributed by atoms with E-state index in [2.05, 4.69) is 40.7 Å². The first-order chi connectivity index (χ1) is 16.4. The molecule has 0 amide bonds. The lowest BCUT2D eigenvalue weighted by molar-refractivity contribution is 0.0995. The number of phenols is 1. The highest BCUT2D eigenvalue weighted by Gasteiger charge is 2.24. The van der Waals surface area contributed by atoms with E-state index in [1.165, 1.54) is 5.56 Å². The second kappa shape index (κ2) is 10.7. The van der Waals surface area contributed by atoms with Crippen LogP contribution < -0.4 is 10.6 Å². The Labute approximate surface area is 201 Å². The minimum absolute atomic E-state index is 0.0110. The molecule has 2 heterocycles. The first kappa shape index (κ1) is 23.8. The number of nitrogens with one attached hydrogen (secondary N) is 2. The summed E-state index contributed by atoms with van der Waals surface area (Å²) in [5.41, 5.74) is 6.08. The van der Waals surface area contributed by atoms with Gasteiger partial charge in [-0.15, -0.1) is 0 Å². The van der Waals surface area contributed by atoms with Gasteiger partial charge in [-0.2, -0.15) is 0 Å². The van der Waals surface area contributed by atoms with E-state index in [4.69, 9.17) is 4.74 Å². The largest absolute Gasteiger partial charge is 0.508 e. The minimum Gasteiger partial charge on any atom is -0.508 e. The van der Waals surface area contributed by atoms with E-state index in [1.54, 1.807) is 24.4 Å². The number of ketones is 1. The second-order valence-corrected chi connectivity index (χ2v) is 9.05. The third-order valence-electron chi connectivity index (χ3n) is 6.38. The average molecular weight is 460 g/mol. The third-order valence-corrected chi connectivity index (χ3v) is 6.38. The van der Waals surface area contributed by atoms with Crippen molar-refractivity contribution in [2.45, 2.75) is 46.5 Å². The molecular weight excluding hydrogens is 426 g/mol. The molecule has 4 rings (SSSR count). The fourth-order valence-corrected chi connectivity index (χ4v) is 4.28. The van der Waals surface area contributed by atoms with Gasteiger partial charge in [0.15, 0.2) is 5.78 Å². The molecular formula is C28H33N3O3. The number of nitrogens with zero attached hydrogens (tertiary/aromatic N) is 1. The Balaban J connectivity index is 1.52. The number of aromatic nitrogens is 1. The molecule has 2 aromatic carbocycles. The first-order valence-electron chi connectivity index (χ1n) is 12.0. The maximum atomic E-state index is 13.4. The molecule has 0 aliphatic carbocycles. The number of phenolic OH excluding ortho intramolecular Hbond substituents is 1. The van der Waals surface area contributed by atoms with Gasteiger partial charge in [-0.3, -0.25) is 4.79 Å². The van der Waals surface area contributed by atoms with Crippen molar-refractivity contribution in [3.05, 3.63) is 70.9 Å². The van der Waals surface area contributed by atoms with E-state index in [1.807, 2.05) is 19.9 Å². The smallest absolute Gasteiger partial charge is 0.173 e. The fraction of sp³-hybridized carbons (Fsp3) is 0.357. The van der Waals surface area contributed by atoms with Gasteiger partial charge in [0.05, 0.1) is 11.3 Å². The summed E-state index contributed by atoms with van der Waals surface area (Å²) in [6.07, 6.45) is 5.12. The highest BCUT2D eigenvalue weighted by atomic mass is 16.5. The van der Waals surface area contributed by atoms with Crippen LogP contribution in [0.5, 0.6) is 5.75 Å². The molecule has 1 aromatic heterocycles. The monoisotopic (exact) mass is 459 g/mol. The van der Waals surface area contributed by atoms with E-state index in [-0.39, 0.29) is 11.5 Å². The normalized spacial score (nSPS) is 13.4. The zero-order valence-corrected chi connectivity index (χ0v) is 20.1. The van der Waals surface area contributed by atoms with Crippen molar-refractivity contribution >= 4 is 28.7 Å². The summed E-state index contributed by atoms with van der Waals surface area (Å²) in [5, 5.41) is 16.6. The number of fused-ring (bicyclic) bond motifs is 2. The molecule has 0 saturated carbocycles. The quantitative estimate of drug-likeness (QED) is 0.325. The number of anilines is 4. The zero-order valence-electron chi connectivity index (χ0n) is 20.1. The summed E-state index contributed by atoms with van der Waals surface area (Å²) in [5.74, 6) is 1.32. The van der Waals surface area contributed by atoms with Gasteiger partial charge in [0.1, 0.15) is 11.6 Å². The number of pyridine rings is 1. The number of rotatable bonds is 9. The standard InChI is InChI=1S/C28H33N3O3/c1-4-34-14-12-18(2)5-7-20-8-10-23-21(15-20)16-26(33)27-24(11-13-29-28(27)31-23)30-25-17-22(32)9-6-19(25)3/h6,8-11,13,15,17-18,32H,4-5,7,12,14,16H2,1-3H3,(H2,29,30,31). The predicted octanol–water partition coefficient (Wildman–Crippen LogP) is 6.32. The Kier molecular flexibility index (Phi) is 7.48. The topological polar surface area (TPSA) is 83.5 Å². The van der Waals surface area contributed by atoms with Crippen LogP contribution >= 0.6 is 0 Å². The van der Waals surface area contributed by atoms with Crippen LogP contribution in [-0.4, -0.2) is 29.1 Å². The molecule has 178 valence electrons. The van der Waals surface area contributed by atoms with Crippen LogP contribution in [-0.2, 0) is 17.6 Å². The SMILES string of the molecule is CCOCCC(C)CCc1ccc2c(c1)CC(=O)c1c(Nc3cc(O)ccc3C)ccnc1N2. The van der Waals surface area contributed by atoms with Gasteiger partial charge in [-0.05, 0) is 73.9 Å². The Morgan fingerprint density at radius 3 is 2.82 bits per heavy atom. The summed E-state index contributed by atoms with van der Waals surface area (Å²) in [6.45, 7) is 7.82. The summed E-state index contributed by atoms with van der Waals surface area (Å²) < 4.78 is 5.48. The number of aryl methyl sites for hydroxylation is 2. The number of hydrogen-bond donors (Lipinski definition) is 3. The molecule has 0 bridgehead atoms. The Morgan fingerprint density at radius 1 is 1.15 bits per heavy atom. The van der Waals surface area contributed by atoms with E-state index >= 15 is 0 Å². The average Bonchev–Trinajstić information content (AvgIpc) is 2.96. The summed E-state index contributed by atoms with van der Waals surface area (Å²) in [7, 11) is 0. The van der Waals surface area contributed by atoms with Crippen LogP contribution in [0.3, 0.4) is 0 Å². The molecule has 1 aliphatic heterocycles. The summed E-state index contributed by atoms with van der Waals surface area (Å²) >= 11 is 0.